The molecule has 0 fully saturated rings. The fourth-order valence-electron chi connectivity index (χ4n) is 6.46. The van der Waals surface area contributed by atoms with Gasteiger partial charge >= 0.3 is 0 Å². The van der Waals surface area contributed by atoms with Gasteiger partial charge in [0.05, 0.1) is 7.11 Å². The molecule has 0 aliphatic heterocycles. The van der Waals surface area contributed by atoms with E-state index >= 15 is 0 Å². The van der Waals surface area contributed by atoms with E-state index in [0.29, 0.717) is 11.3 Å². The molecule has 5 nitrogen and oxygen atoms in total. The van der Waals surface area contributed by atoms with Gasteiger partial charge in [-0.1, -0.05) is 91.0 Å². The van der Waals surface area contributed by atoms with Crippen molar-refractivity contribution >= 4 is 65.3 Å². The highest BCUT2D eigenvalue weighted by Gasteiger charge is 2.20. The molecule has 0 N–H and O–H groups in total. The zero-order valence-corrected chi connectivity index (χ0v) is 22.7. The summed E-state index contributed by atoms with van der Waals surface area (Å²) in [5.74, 6) is 0.606. The molecule has 2 heterocycles. The predicted octanol–water partition coefficient (Wildman–Crippen LogP) is 9.46. The van der Waals surface area contributed by atoms with Crippen LogP contribution >= 0.6 is 0 Å². The van der Waals surface area contributed by atoms with Crippen LogP contribution < -0.4 is 4.74 Å². The van der Waals surface area contributed by atoms with Crippen molar-refractivity contribution in [3.63, 3.8) is 0 Å². The number of ether oxygens (including phenoxy) is 1. The Balaban J connectivity index is 1.33. The van der Waals surface area contributed by atoms with Crippen LogP contribution in [-0.4, -0.2) is 22.1 Å². The zero-order chi connectivity index (χ0) is 27.8. The van der Waals surface area contributed by atoms with Gasteiger partial charge in [0.1, 0.15) is 22.3 Å². The molecule has 0 saturated heterocycles. The fraction of sp³-hybridized carbons (Fsp3) is 0.0270. The Morgan fingerprint density at radius 1 is 0.571 bits per heavy atom. The third-order valence-electron chi connectivity index (χ3n) is 8.35. The number of rotatable bonds is 3. The van der Waals surface area contributed by atoms with Gasteiger partial charge in [-0.25, -0.2) is 0 Å². The van der Waals surface area contributed by atoms with E-state index in [1.807, 2.05) is 24.3 Å². The number of hydrogen-bond donors (Lipinski definition) is 0. The summed E-state index contributed by atoms with van der Waals surface area (Å²) < 4.78 is 12.2. The summed E-state index contributed by atoms with van der Waals surface area (Å²) in [4.78, 5) is 1.67. The Labute approximate surface area is 240 Å². The van der Waals surface area contributed by atoms with E-state index in [1.165, 1.54) is 27.1 Å². The quantitative estimate of drug-likeness (QED) is 0.209. The van der Waals surface area contributed by atoms with Crippen molar-refractivity contribution in [3.05, 3.63) is 121 Å². The SMILES string of the molecule is COc1c(-n2nc3cc(-c4cc5ccccc5c5ccccc45)c4ccccc4c3n2)ccc2c1oc1ccccc12. The largest absolute Gasteiger partial charge is 0.491 e. The lowest BCUT2D eigenvalue weighted by atomic mass is 9.90. The van der Waals surface area contributed by atoms with Crippen molar-refractivity contribution in [1.29, 1.82) is 0 Å². The van der Waals surface area contributed by atoms with Crippen LogP contribution in [0.25, 0.3) is 82.1 Å². The standard InChI is InChI=1S/C37H23N3O2/c1-41-37-33(19-18-29-27-15-8-9-17-34(27)42-36(29)37)40-38-32-21-31(26-14-6-7-16-28(26)35(32)39-40)30-20-22-10-2-3-11-23(22)24-12-4-5-13-25(24)30/h2-21H,1H3. The lowest BCUT2D eigenvalue weighted by Crippen LogP contribution is -2.01. The predicted molar refractivity (Wildman–Crippen MR) is 171 cm³/mol. The zero-order valence-electron chi connectivity index (χ0n) is 22.7. The van der Waals surface area contributed by atoms with Gasteiger partial charge in [-0.05, 0) is 68.4 Å². The molecule has 0 aliphatic carbocycles. The average Bonchev–Trinajstić information content (AvgIpc) is 3.65. The maximum atomic E-state index is 6.24. The number of fused-ring (bicyclic) bond motifs is 9. The summed E-state index contributed by atoms with van der Waals surface area (Å²) in [7, 11) is 1.66. The van der Waals surface area contributed by atoms with Gasteiger partial charge in [-0.15, -0.1) is 15.0 Å². The molecule has 0 amide bonds. The van der Waals surface area contributed by atoms with Crippen molar-refractivity contribution < 1.29 is 9.15 Å². The van der Waals surface area contributed by atoms with Crippen LogP contribution in [0.5, 0.6) is 5.75 Å². The molecule has 9 aromatic rings. The Morgan fingerprint density at radius 3 is 2.02 bits per heavy atom. The third kappa shape index (κ3) is 3.19. The molecule has 0 spiro atoms. The van der Waals surface area contributed by atoms with Crippen molar-refractivity contribution in [2.75, 3.05) is 7.11 Å². The van der Waals surface area contributed by atoms with Crippen molar-refractivity contribution in [2.45, 2.75) is 0 Å². The van der Waals surface area contributed by atoms with E-state index in [0.717, 1.165) is 49.4 Å². The van der Waals surface area contributed by atoms with E-state index in [1.54, 1.807) is 11.9 Å². The Kier molecular flexibility index (Phi) is 4.75. The summed E-state index contributed by atoms with van der Waals surface area (Å²) in [5, 5.41) is 19.2. The van der Waals surface area contributed by atoms with Crippen LogP contribution in [0.1, 0.15) is 0 Å². The van der Waals surface area contributed by atoms with Gasteiger partial charge in [0.15, 0.2) is 11.3 Å². The Morgan fingerprint density at radius 2 is 1.21 bits per heavy atom. The van der Waals surface area contributed by atoms with Crippen molar-refractivity contribution in [1.82, 2.24) is 15.0 Å². The number of aromatic nitrogens is 3. The highest BCUT2D eigenvalue weighted by molar-refractivity contribution is 6.19. The lowest BCUT2D eigenvalue weighted by Gasteiger charge is -2.13. The molecule has 0 unspecified atom stereocenters. The van der Waals surface area contributed by atoms with Crippen molar-refractivity contribution in [3.8, 4) is 22.6 Å². The molecule has 0 bridgehead atoms. The molecule has 9 rings (SSSR count). The number of methoxy groups -OCH3 is 1. The molecule has 0 radical (unpaired) electrons. The van der Waals surface area contributed by atoms with E-state index < -0.39 is 0 Å². The molecule has 5 heteroatoms. The summed E-state index contributed by atoms with van der Waals surface area (Å²) in [6, 6.07) is 42.2. The minimum absolute atomic E-state index is 0.606. The topological polar surface area (TPSA) is 53.1 Å². The molecule has 0 atom stereocenters. The number of furan rings is 1. The van der Waals surface area contributed by atoms with Crippen LogP contribution in [-0.2, 0) is 0 Å². The first-order valence-electron chi connectivity index (χ1n) is 14.0. The third-order valence-corrected chi connectivity index (χ3v) is 8.35. The van der Waals surface area contributed by atoms with Gasteiger partial charge in [0.25, 0.3) is 0 Å². The van der Waals surface area contributed by atoms with Crippen LogP contribution in [0.3, 0.4) is 0 Å². The summed E-state index contributed by atoms with van der Waals surface area (Å²) in [6.07, 6.45) is 0. The first-order valence-corrected chi connectivity index (χ1v) is 14.0. The molecule has 0 aliphatic rings. The lowest BCUT2D eigenvalue weighted by molar-refractivity contribution is 0.407. The average molecular weight is 542 g/mol. The van der Waals surface area contributed by atoms with Gasteiger partial charge < -0.3 is 9.15 Å². The minimum atomic E-state index is 0.606. The normalized spacial score (nSPS) is 11.9. The first kappa shape index (κ1) is 23.1. The van der Waals surface area contributed by atoms with Crippen LogP contribution in [0.15, 0.2) is 126 Å². The van der Waals surface area contributed by atoms with E-state index in [4.69, 9.17) is 19.4 Å². The number of benzene rings is 7. The second kappa shape index (κ2) is 8.66. The van der Waals surface area contributed by atoms with Crippen LogP contribution in [0.4, 0.5) is 0 Å². The number of hydrogen-bond acceptors (Lipinski definition) is 4. The van der Waals surface area contributed by atoms with Crippen LogP contribution in [0.2, 0.25) is 0 Å². The second-order valence-electron chi connectivity index (χ2n) is 10.6. The Hall–Kier alpha value is -5.68. The maximum Gasteiger partial charge on any atom is 0.189 e. The fourth-order valence-corrected chi connectivity index (χ4v) is 6.46. The Bertz CT molecular complexity index is 2520. The summed E-state index contributed by atoms with van der Waals surface area (Å²) in [6.45, 7) is 0. The van der Waals surface area contributed by atoms with Crippen molar-refractivity contribution in [2.24, 2.45) is 0 Å². The number of nitrogens with zero attached hydrogens (tertiary/aromatic N) is 3. The molecule has 42 heavy (non-hydrogen) atoms. The van der Waals surface area contributed by atoms with Gasteiger partial charge in [0.2, 0.25) is 0 Å². The molecule has 198 valence electrons. The second-order valence-corrected chi connectivity index (χ2v) is 10.6. The van der Waals surface area contributed by atoms with E-state index in [9.17, 15) is 0 Å². The van der Waals surface area contributed by atoms with Gasteiger partial charge in [0, 0.05) is 16.2 Å². The first-order chi connectivity index (χ1) is 20.8. The molecular weight excluding hydrogens is 518 g/mol. The monoisotopic (exact) mass is 541 g/mol. The molecular formula is C37H23N3O2. The maximum absolute atomic E-state index is 6.24. The highest BCUT2D eigenvalue weighted by Crippen LogP contribution is 2.41. The summed E-state index contributed by atoms with van der Waals surface area (Å²) >= 11 is 0. The molecule has 0 saturated carbocycles. The van der Waals surface area contributed by atoms with E-state index in [-0.39, 0.29) is 0 Å². The van der Waals surface area contributed by atoms with Gasteiger partial charge in [-0.3, -0.25) is 0 Å². The number of para-hydroxylation sites is 1. The minimum Gasteiger partial charge on any atom is -0.491 e. The highest BCUT2D eigenvalue weighted by atomic mass is 16.5. The van der Waals surface area contributed by atoms with E-state index in [2.05, 4.69) is 97.1 Å². The van der Waals surface area contributed by atoms with Gasteiger partial charge in [-0.2, -0.15) is 0 Å². The molecule has 2 aromatic heterocycles. The smallest absolute Gasteiger partial charge is 0.189 e. The summed E-state index contributed by atoms with van der Waals surface area (Å²) in [5.41, 5.74) is 6.19. The molecule has 7 aromatic carbocycles. The van der Waals surface area contributed by atoms with Crippen LogP contribution in [0, 0.1) is 0 Å².